The summed E-state index contributed by atoms with van der Waals surface area (Å²) in [5.41, 5.74) is -0.380. The molecule has 0 fully saturated rings. The maximum atomic E-state index is 10.5. The lowest BCUT2D eigenvalue weighted by Crippen LogP contribution is -2.35. The largest absolute Gasteiger partial charge is 0.478 e. The van der Waals surface area contributed by atoms with Crippen LogP contribution in [0.1, 0.15) is 91.8 Å². The topological polar surface area (TPSA) is 74.6 Å². The van der Waals surface area contributed by atoms with Gasteiger partial charge in [-0.2, -0.15) is 0 Å². The highest BCUT2D eigenvalue weighted by atomic mass is 16.4. The molecular formula is C23H40NO4+. The van der Waals surface area contributed by atoms with Crippen molar-refractivity contribution in [3.05, 3.63) is 35.4 Å². The Morgan fingerprint density at radius 1 is 0.714 bits per heavy atom. The van der Waals surface area contributed by atoms with Gasteiger partial charge < -0.3 is 14.7 Å². The second kappa shape index (κ2) is 15.1. The molecule has 0 aliphatic heterocycles. The number of rotatable bonds is 13. The molecule has 0 aliphatic carbocycles. The van der Waals surface area contributed by atoms with Crippen LogP contribution in [0.3, 0.4) is 0 Å². The molecule has 160 valence electrons. The van der Waals surface area contributed by atoms with Gasteiger partial charge in [-0.15, -0.1) is 0 Å². The van der Waals surface area contributed by atoms with E-state index in [0.717, 1.165) is 4.48 Å². The van der Waals surface area contributed by atoms with Crippen LogP contribution < -0.4 is 0 Å². The first-order valence-corrected chi connectivity index (χ1v) is 10.5. The maximum absolute atomic E-state index is 10.5. The van der Waals surface area contributed by atoms with Gasteiger partial charge in [0.25, 0.3) is 0 Å². The molecular weight excluding hydrogens is 354 g/mol. The van der Waals surface area contributed by atoms with Gasteiger partial charge in [0.15, 0.2) is 0 Å². The van der Waals surface area contributed by atoms with E-state index >= 15 is 0 Å². The summed E-state index contributed by atoms with van der Waals surface area (Å²) < 4.78 is 1.12. The van der Waals surface area contributed by atoms with Gasteiger partial charge in [0.1, 0.15) is 0 Å². The fourth-order valence-corrected chi connectivity index (χ4v) is 2.93. The third-order valence-electron chi connectivity index (χ3n) is 4.57. The SMILES string of the molecule is CCCCCCCCCCCC[N+](C)(C)C.O=C(O)c1ccccc1C(=O)O. The number of aromatic carboxylic acids is 2. The van der Waals surface area contributed by atoms with Crippen molar-refractivity contribution in [2.45, 2.75) is 71.1 Å². The highest BCUT2D eigenvalue weighted by Gasteiger charge is 2.13. The Hall–Kier alpha value is -1.88. The average molecular weight is 395 g/mol. The van der Waals surface area contributed by atoms with Gasteiger partial charge in [-0.25, -0.2) is 9.59 Å². The third-order valence-corrected chi connectivity index (χ3v) is 4.57. The molecule has 0 aliphatic rings. The minimum Gasteiger partial charge on any atom is -0.478 e. The lowest BCUT2D eigenvalue weighted by atomic mass is 10.1. The third kappa shape index (κ3) is 14.2. The summed E-state index contributed by atoms with van der Waals surface area (Å²) in [7, 11) is 6.86. The van der Waals surface area contributed by atoms with Crippen LogP contribution in [-0.4, -0.2) is 54.3 Å². The van der Waals surface area contributed by atoms with Crippen molar-refractivity contribution >= 4 is 11.9 Å². The number of carbonyl (C=O) groups is 2. The standard InChI is InChI=1S/C15H34N.C8H6O4/c1-5-6-7-8-9-10-11-12-13-14-15-16(2,3)4;9-7(10)5-3-1-2-4-6(5)8(11)12/h5-15H2,1-4H3;1-4H,(H,9,10)(H,11,12)/q+1;. The van der Waals surface area contributed by atoms with Crippen molar-refractivity contribution in [1.82, 2.24) is 0 Å². The number of nitrogens with zero attached hydrogens (tertiary/aromatic N) is 1. The first-order chi connectivity index (χ1) is 13.2. The quantitative estimate of drug-likeness (QED) is 0.332. The molecule has 0 spiro atoms. The summed E-state index contributed by atoms with van der Waals surface area (Å²) in [6.07, 6.45) is 14.4. The monoisotopic (exact) mass is 394 g/mol. The Balaban J connectivity index is 0.000000540. The second-order valence-electron chi connectivity index (χ2n) is 8.35. The van der Waals surface area contributed by atoms with Crippen molar-refractivity contribution in [1.29, 1.82) is 0 Å². The number of hydrogen-bond acceptors (Lipinski definition) is 2. The molecule has 0 saturated carbocycles. The minimum absolute atomic E-state index is 0.190. The van der Waals surface area contributed by atoms with E-state index in [0.29, 0.717) is 0 Å². The molecule has 0 saturated heterocycles. The molecule has 0 atom stereocenters. The van der Waals surface area contributed by atoms with E-state index in [2.05, 4.69) is 28.1 Å². The Labute approximate surface area is 171 Å². The molecule has 0 unspecified atom stereocenters. The zero-order valence-corrected chi connectivity index (χ0v) is 18.2. The summed E-state index contributed by atoms with van der Waals surface area (Å²) in [4.78, 5) is 20.9. The van der Waals surface area contributed by atoms with Crippen molar-refractivity contribution < 1.29 is 24.3 Å². The molecule has 1 aromatic rings. The minimum atomic E-state index is -1.23. The number of quaternary nitrogens is 1. The zero-order chi connectivity index (χ0) is 21.4. The van der Waals surface area contributed by atoms with E-state index in [1.807, 2.05) is 0 Å². The second-order valence-corrected chi connectivity index (χ2v) is 8.35. The fourth-order valence-electron chi connectivity index (χ4n) is 2.93. The Kier molecular flexibility index (Phi) is 14.1. The molecule has 0 aromatic heterocycles. The van der Waals surface area contributed by atoms with Crippen LogP contribution >= 0.6 is 0 Å². The number of unbranched alkanes of at least 4 members (excludes halogenated alkanes) is 9. The van der Waals surface area contributed by atoms with Crippen molar-refractivity contribution in [2.24, 2.45) is 0 Å². The molecule has 5 heteroatoms. The van der Waals surface area contributed by atoms with Crippen LogP contribution in [0.5, 0.6) is 0 Å². The predicted molar refractivity (Wildman–Crippen MR) is 115 cm³/mol. The Morgan fingerprint density at radius 3 is 1.39 bits per heavy atom. The summed E-state index contributed by atoms with van der Waals surface area (Å²) in [6.45, 7) is 3.62. The normalized spacial score (nSPS) is 10.9. The molecule has 0 heterocycles. The van der Waals surface area contributed by atoms with Crippen molar-refractivity contribution in [2.75, 3.05) is 27.7 Å². The molecule has 28 heavy (non-hydrogen) atoms. The number of benzene rings is 1. The van der Waals surface area contributed by atoms with Gasteiger partial charge in [0, 0.05) is 0 Å². The van der Waals surface area contributed by atoms with Gasteiger partial charge in [0.2, 0.25) is 0 Å². The van der Waals surface area contributed by atoms with Crippen LogP contribution in [0.15, 0.2) is 24.3 Å². The van der Waals surface area contributed by atoms with Crippen molar-refractivity contribution in [3.63, 3.8) is 0 Å². The summed E-state index contributed by atoms with van der Waals surface area (Å²) in [6, 6.07) is 5.48. The lowest BCUT2D eigenvalue weighted by molar-refractivity contribution is -0.870. The van der Waals surface area contributed by atoms with E-state index in [-0.39, 0.29) is 11.1 Å². The van der Waals surface area contributed by atoms with Gasteiger partial charge in [0.05, 0.1) is 38.8 Å². The van der Waals surface area contributed by atoms with E-state index in [1.165, 1.54) is 95.0 Å². The number of carboxylic acid groups (broad SMARTS) is 2. The summed E-state index contributed by atoms with van der Waals surface area (Å²) >= 11 is 0. The molecule has 0 bridgehead atoms. The number of carboxylic acids is 2. The van der Waals surface area contributed by atoms with E-state index in [1.54, 1.807) is 0 Å². The predicted octanol–water partition coefficient (Wildman–Crippen LogP) is 5.70. The first kappa shape index (κ1) is 26.1. The van der Waals surface area contributed by atoms with Gasteiger partial charge >= 0.3 is 11.9 Å². The molecule has 0 amide bonds. The van der Waals surface area contributed by atoms with E-state index < -0.39 is 11.9 Å². The van der Waals surface area contributed by atoms with Crippen LogP contribution in [-0.2, 0) is 0 Å². The highest BCUT2D eigenvalue weighted by Crippen LogP contribution is 2.11. The molecule has 1 rings (SSSR count). The average Bonchev–Trinajstić information content (AvgIpc) is 2.63. The van der Waals surface area contributed by atoms with Gasteiger partial charge in [-0.1, -0.05) is 70.4 Å². The highest BCUT2D eigenvalue weighted by molar-refractivity contribution is 6.01. The molecule has 2 N–H and O–H groups in total. The van der Waals surface area contributed by atoms with Gasteiger partial charge in [-0.05, 0) is 25.0 Å². The Bertz CT molecular complexity index is 531. The maximum Gasteiger partial charge on any atom is 0.336 e. The van der Waals surface area contributed by atoms with Crippen LogP contribution in [0.25, 0.3) is 0 Å². The van der Waals surface area contributed by atoms with Crippen LogP contribution in [0.2, 0.25) is 0 Å². The summed E-state index contributed by atoms with van der Waals surface area (Å²) in [5.74, 6) is -2.46. The van der Waals surface area contributed by atoms with Gasteiger partial charge in [-0.3, -0.25) is 0 Å². The Morgan fingerprint density at radius 2 is 1.07 bits per heavy atom. The van der Waals surface area contributed by atoms with Crippen LogP contribution in [0.4, 0.5) is 0 Å². The summed E-state index contributed by atoms with van der Waals surface area (Å²) in [5, 5.41) is 17.1. The fraction of sp³-hybridized carbons (Fsp3) is 0.652. The molecule has 1 aromatic carbocycles. The lowest BCUT2D eigenvalue weighted by Gasteiger charge is -2.23. The zero-order valence-electron chi connectivity index (χ0n) is 18.2. The first-order valence-electron chi connectivity index (χ1n) is 10.5. The van der Waals surface area contributed by atoms with Crippen molar-refractivity contribution in [3.8, 4) is 0 Å². The molecule has 0 radical (unpaired) electrons. The molecule has 5 nitrogen and oxygen atoms in total. The van der Waals surface area contributed by atoms with Crippen LogP contribution in [0, 0.1) is 0 Å². The smallest absolute Gasteiger partial charge is 0.336 e. The number of hydrogen-bond donors (Lipinski definition) is 2. The van der Waals surface area contributed by atoms with E-state index in [9.17, 15) is 9.59 Å². The van der Waals surface area contributed by atoms with E-state index in [4.69, 9.17) is 10.2 Å².